The Kier molecular flexibility index (Phi) is 4.57. The second-order valence-corrected chi connectivity index (χ2v) is 7.47. The van der Waals surface area contributed by atoms with Gasteiger partial charge in [-0.3, -0.25) is 9.78 Å². The third kappa shape index (κ3) is 3.41. The largest absolute Gasteiger partial charge is 0.341 e. The molecule has 6 heteroatoms. The third-order valence-electron chi connectivity index (χ3n) is 5.43. The van der Waals surface area contributed by atoms with E-state index < -0.39 is 0 Å². The molecule has 0 aromatic carbocycles. The van der Waals surface area contributed by atoms with E-state index in [2.05, 4.69) is 21.8 Å². The van der Waals surface area contributed by atoms with Crippen LogP contribution in [0.3, 0.4) is 0 Å². The quantitative estimate of drug-likeness (QED) is 0.829. The van der Waals surface area contributed by atoms with Gasteiger partial charge in [0.2, 0.25) is 11.9 Å². The molecule has 1 saturated heterocycles. The summed E-state index contributed by atoms with van der Waals surface area (Å²) in [6, 6.07) is 3.92. The highest BCUT2D eigenvalue weighted by Gasteiger charge is 2.40. The van der Waals surface area contributed by atoms with Gasteiger partial charge in [0, 0.05) is 50.2 Å². The lowest BCUT2D eigenvalue weighted by atomic mass is 10.1. The van der Waals surface area contributed by atoms with Crippen molar-refractivity contribution in [1.82, 2.24) is 19.9 Å². The molecule has 2 atom stereocenters. The van der Waals surface area contributed by atoms with Crippen molar-refractivity contribution in [3.63, 3.8) is 0 Å². The molecule has 4 rings (SSSR count). The predicted octanol–water partition coefficient (Wildman–Crippen LogP) is 2.75. The predicted molar refractivity (Wildman–Crippen MR) is 100 cm³/mol. The molecule has 136 valence electrons. The van der Waals surface area contributed by atoms with Crippen molar-refractivity contribution in [3.05, 3.63) is 36.4 Å². The molecule has 0 radical (unpaired) electrons. The fourth-order valence-electron chi connectivity index (χ4n) is 3.62. The monoisotopic (exact) mass is 351 g/mol. The van der Waals surface area contributed by atoms with Crippen LogP contribution in [0.5, 0.6) is 0 Å². The van der Waals surface area contributed by atoms with Crippen molar-refractivity contribution in [2.75, 3.05) is 25.0 Å². The van der Waals surface area contributed by atoms with Crippen LogP contribution in [-0.2, 0) is 11.3 Å². The van der Waals surface area contributed by atoms with Crippen LogP contribution in [0, 0.1) is 11.8 Å². The number of amides is 1. The van der Waals surface area contributed by atoms with Crippen LogP contribution >= 0.6 is 0 Å². The lowest BCUT2D eigenvalue weighted by Crippen LogP contribution is -2.29. The molecule has 6 nitrogen and oxygen atoms in total. The van der Waals surface area contributed by atoms with Gasteiger partial charge in [-0.1, -0.05) is 6.92 Å². The van der Waals surface area contributed by atoms with Crippen LogP contribution in [0.25, 0.3) is 11.1 Å². The van der Waals surface area contributed by atoms with E-state index in [1.807, 2.05) is 30.3 Å². The summed E-state index contributed by atoms with van der Waals surface area (Å²) in [7, 11) is 1.88. The molecule has 2 aromatic heterocycles. The molecule has 0 spiro atoms. The highest BCUT2D eigenvalue weighted by molar-refractivity contribution is 5.81. The van der Waals surface area contributed by atoms with E-state index in [4.69, 9.17) is 4.98 Å². The zero-order chi connectivity index (χ0) is 18.1. The maximum Gasteiger partial charge on any atom is 0.226 e. The number of hydrogen-bond donors (Lipinski definition) is 0. The Bertz CT molecular complexity index is 788. The molecule has 2 fully saturated rings. The van der Waals surface area contributed by atoms with E-state index in [9.17, 15) is 4.79 Å². The molecule has 1 aliphatic heterocycles. The molecular formula is C20H25N5O. The smallest absolute Gasteiger partial charge is 0.226 e. The van der Waals surface area contributed by atoms with Gasteiger partial charge >= 0.3 is 0 Å². The molecule has 2 aliphatic rings. The van der Waals surface area contributed by atoms with Crippen molar-refractivity contribution >= 4 is 11.9 Å². The highest BCUT2D eigenvalue weighted by Crippen LogP contribution is 2.39. The molecule has 26 heavy (non-hydrogen) atoms. The van der Waals surface area contributed by atoms with Crippen molar-refractivity contribution in [2.45, 2.75) is 32.7 Å². The van der Waals surface area contributed by atoms with Gasteiger partial charge in [-0.05, 0) is 42.9 Å². The first-order valence-electron chi connectivity index (χ1n) is 9.39. The summed E-state index contributed by atoms with van der Waals surface area (Å²) in [6.07, 6.45) is 8.81. The molecule has 0 bridgehead atoms. The number of anilines is 1. The molecule has 3 heterocycles. The van der Waals surface area contributed by atoms with Crippen LogP contribution in [0.4, 0.5) is 5.95 Å². The first kappa shape index (κ1) is 16.9. The maximum absolute atomic E-state index is 12.6. The second-order valence-electron chi connectivity index (χ2n) is 7.47. The molecule has 0 N–H and O–H groups in total. The fourth-order valence-corrected chi connectivity index (χ4v) is 3.62. The number of hydrogen-bond acceptors (Lipinski definition) is 5. The summed E-state index contributed by atoms with van der Waals surface area (Å²) in [5, 5.41) is 0. The van der Waals surface area contributed by atoms with Crippen LogP contribution in [0.1, 0.15) is 31.9 Å². The molecule has 1 amide bonds. The van der Waals surface area contributed by atoms with E-state index in [0.717, 1.165) is 42.3 Å². The topological polar surface area (TPSA) is 62.2 Å². The summed E-state index contributed by atoms with van der Waals surface area (Å²) in [6.45, 7) is 4.64. The lowest BCUT2D eigenvalue weighted by molar-refractivity contribution is -0.132. The Labute approximate surface area is 154 Å². The standard InChI is InChI=1S/C20H25N5O/c1-14-11-16(14)19(26)24(2)13-18-17(15-5-7-21-8-6-15)12-22-20(23-18)25-9-3-4-10-25/h5-8,12,14,16H,3-4,9-11,13H2,1-2H3/t14-,16+/m1/s1. The molecule has 0 unspecified atom stereocenters. The Morgan fingerprint density at radius 3 is 2.62 bits per heavy atom. The molecular weight excluding hydrogens is 326 g/mol. The average molecular weight is 351 g/mol. The zero-order valence-electron chi connectivity index (χ0n) is 15.4. The van der Waals surface area contributed by atoms with E-state index in [1.54, 1.807) is 12.4 Å². The number of pyridine rings is 1. The average Bonchev–Trinajstić information content (AvgIpc) is 3.16. The normalized spacial score (nSPS) is 21.7. The van der Waals surface area contributed by atoms with Gasteiger partial charge in [-0.2, -0.15) is 0 Å². The fraction of sp³-hybridized carbons (Fsp3) is 0.500. The molecule has 1 aliphatic carbocycles. The molecule has 2 aromatic rings. The first-order chi connectivity index (χ1) is 12.6. The number of aromatic nitrogens is 3. The summed E-state index contributed by atoms with van der Waals surface area (Å²) < 4.78 is 0. The first-order valence-corrected chi connectivity index (χ1v) is 9.39. The highest BCUT2D eigenvalue weighted by atomic mass is 16.2. The van der Waals surface area contributed by atoms with Crippen molar-refractivity contribution in [2.24, 2.45) is 11.8 Å². The van der Waals surface area contributed by atoms with Gasteiger partial charge < -0.3 is 9.80 Å². The Hall–Kier alpha value is -2.50. The number of rotatable bonds is 5. The lowest BCUT2D eigenvalue weighted by Gasteiger charge is -2.21. The van der Waals surface area contributed by atoms with Gasteiger partial charge in [-0.25, -0.2) is 9.97 Å². The number of nitrogens with zero attached hydrogens (tertiary/aromatic N) is 5. The van der Waals surface area contributed by atoms with Crippen LogP contribution < -0.4 is 4.90 Å². The second kappa shape index (κ2) is 7.02. The van der Waals surface area contributed by atoms with Crippen molar-refractivity contribution < 1.29 is 4.79 Å². The third-order valence-corrected chi connectivity index (χ3v) is 5.43. The Morgan fingerprint density at radius 2 is 1.96 bits per heavy atom. The van der Waals surface area contributed by atoms with Crippen LogP contribution in [0.2, 0.25) is 0 Å². The summed E-state index contributed by atoms with van der Waals surface area (Å²) in [4.78, 5) is 30.2. The number of carbonyl (C=O) groups excluding carboxylic acids is 1. The van der Waals surface area contributed by atoms with Gasteiger partial charge in [0.1, 0.15) is 0 Å². The van der Waals surface area contributed by atoms with E-state index in [-0.39, 0.29) is 11.8 Å². The summed E-state index contributed by atoms with van der Waals surface area (Å²) >= 11 is 0. The van der Waals surface area contributed by atoms with Crippen LogP contribution in [0.15, 0.2) is 30.7 Å². The van der Waals surface area contributed by atoms with Crippen LogP contribution in [-0.4, -0.2) is 45.9 Å². The van der Waals surface area contributed by atoms with E-state index in [0.29, 0.717) is 12.5 Å². The van der Waals surface area contributed by atoms with Gasteiger partial charge in [0.05, 0.1) is 12.2 Å². The SMILES string of the molecule is C[C@@H]1C[C@@H]1C(=O)N(C)Cc1nc(N2CCCC2)ncc1-c1ccncc1. The zero-order valence-corrected chi connectivity index (χ0v) is 15.4. The molecule has 1 saturated carbocycles. The summed E-state index contributed by atoms with van der Waals surface area (Å²) in [5.74, 6) is 1.69. The Morgan fingerprint density at radius 1 is 1.27 bits per heavy atom. The number of carbonyl (C=O) groups is 1. The minimum Gasteiger partial charge on any atom is -0.341 e. The van der Waals surface area contributed by atoms with Crippen molar-refractivity contribution in [3.8, 4) is 11.1 Å². The van der Waals surface area contributed by atoms with Crippen molar-refractivity contribution in [1.29, 1.82) is 0 Å². The maximum atomic E-state index is 12.6. The minimum absolute atomic E-state index is 0.185. The Balaban J connectivity index is 1.64. The van der Waals surface area contributed by atoms with Gasteiger partial charge in [0.15, 0.2) is 0 Å². The summed E-state index contributed by atoms with van der Waals surface area (Å²) in [5.41, 5.74) is 2.90. The van der Waals surface area contributed by atoms with E-state index in [1.165, 1.54) is 12.8 Å². The van der Waals surface area contributed by atoms with Gasteiger partial charge in [0.25, 0.3) is 0 Å². The minimum atomic E-state index is 0.185. The van der Waals surface area contributed by atoms with Gasteiger partial charge in [-0.15, -0.1) is 0 Å². The van der Waals surface area contributed by atoms with E-state index >= 15 is 0 Å².